The SMILES string of the molecule is CC(C)(C)C(=O)[C@@H]1[C@@H](c2ccc(Cl)c(Cl)c2)C(C#N)(C#N)[C@@H]2c3ccccc3C=CN12. The highest BCUT2D eigenvalue weighted by molar-refractivity contribution is 6.42. The Balaban J connectivity index is 2.03. The van der Waals surface area contributed by atoms with Crippen LogP contribution in [0.5, 0.6) is 0 Å². The minimum absolute atomic E-state index is 0.0371. The third kappa shape index (κ3) is 3.14. The van der Waals surface area contributed by atoms with Gasteiger partial charge in [0, 0.05) is 17.5 Å². The first-order valence-corrected chi connectivity index (χ1v) is 10.8. The Morgan fingerprint density at radius 2 is 1.74 bits per heavy atom. The van der Waals surface area contributed by atoms with Crippen LogP contribution in [-0.2, 0) is 4.79 Å². The van der Waals surface area contributed by atoms with Crippen LogP contribution < -0.4 is 0 Å². The van der Waals surface area contributed by atoms with Gasteiger partial charge in [-0.05, 0) is 34.9 Å². The van der Waals surface area contributed by atoms with Crippen LogP contribution >= 0.6 is 23.2 Å². The van der Waals surface area contributed by atoms with Crippen molar-refractivity contribution in [2.45, 2.75) is 38.8 Å². The monoisotopic (exact) mass is 449 g/mol. The molecule has 0 aliphatic carbocycles. The Morgan fingerprint density at radius 3 is 2.35 bits per heavy atom. The summed E-state index contributed by atoms with van der Waals surface area (Å²) in [6, 6.07) is 16.1. The lowest BCUT2D eigenvalue weighted by molar-refractivity contribution is -0.130. The van der Waals surface area contributed by atoms with Gasteiger partial charge in [0.1, 0.15) is 0 Å². The lowest BCUT2D eigenvalue weighted by atomic mass is 9.66. The van der Waals surface area contributed by atoms with Crippen molar-refractivity contribution in [2.75, 3.05) is 0 Å². The quantitative estimate of drug-likeness (QED) is 0.552. The van der Waals surface area contributed by atoms with E-state index in [1.54, 1.807) is 18.2 Å². The van der Waals surface area contributed by atoms with Gasteiger partial charge >= 0.3 is 0 Å². The topological polar surface area (TPSA) is 67.9 Å². The standard InChI is InChI=1S/C25H21Cl2N3O/c1-24(2,3)23(31)21-20(16-8-9-18(26)19(27)12-16)25(13-28,14-29)22-17-7-5-4-6-15(17)10-11-30(21)22/h4-12,20-22H,1-3H3/t20-,21+,22+/m1/s1. The maximum atomic E-state index is 13.7. The van der Waals surface area contributed by atoms with Crippen LogP contribution in [0.25, 0.3) is 6.08 Å². The average Bonchev–Trinajstić information content (AvgIpc) is 3.05. The van der Waals surface area contributed by atoms with Crippen molar-refractivity contribution in [1.29, 1.82) is 10.5 Å². The summed E-state index contributed by atoms with van der Waals surface area (Å²) in [5.41, 5.74) is 0.289. The van der Waals surface area contributed by atoms with E-state index in [0.29, 0.717) is 15.6 Å². The Morgan fingerprint density at radius 1 is 1.06 bits per heavy atom. The fourth-order valence-electron chi connectivity index (χ4n) is 4.82. The van der Waals surface area contributed by atoms with E-state index in [4.69, 9.17) is 23.2 Å². The van der Waals surface area contributed by atoms with Gasteiger partial charge in [-0.25, -0.2) is 0 Å². The Labute approximate surface area is 192 Å². The Hall–Kier alpha value is -2.79. The summed E-state index contributed by atoms with van der Waals surface area (Å²) in [4.78, 5) is 15.6. The highest BCUT2D eigenvalue weighted by atomic mass is 35.5. The molecule has 2 aliphatic heterocycles. The lowest BCUT2D eigenvalue weighted by Gasteiger charge is -2.36. The zero-order valence-corrected chi connectivity index (χ0v) is 18.9. The first-order chi connectivity index (χ1) is 14.7. The van der Waals surface area contributed by atoms with Crippen molar-refractivity contribution in [3.63, 3.8) is 0 Å². The summed E-state index contributed by atoms with van der Waals surface area (Å²) < 4.78 is 0. The van der Waals surface area contributed by atoms with Crippen LogP contribution in [0.15, 0.2) is 48.7 Å². The first kappa shape index (κ1) is 21.4. The van der Waals surface area contributed by atoms with Crippen molar-refractivity contribution in [3.8, 4) is 12.1 Å². The van der Waals surface area contributed by atoms with Crippen LogP contribution in [0.2, 0.25) is 10.0 Å². The minimum atomic E-state index is -1.50. The first-order valence-electron chi connectivity index (χ1n) is 10.0. The summed E-state index contributed by atoms with van der Waals surface area (Å²) in [5, 5.41) is 21.6. The van der Waals surface area contributed by atoms with Gasteiger partial charge in [-0.15, -0.1) is 0 Å². The second kappa shape index (κ2) is 7.41. The molecule has 2 aromatic rings. The lowest BCUT2D eigenvalue weighted by Crippen LogP contribution is -2.43. The van der Waals surface area contributed by atoms with Crippen LogP contribution in [0, 0.1) is 33.5 Å². The van der Waals surface area contributed by atoms with Gasteiger partial charge in [0.25, 0.3) is 0 Å². The summed E-state index contributed by atoms with van der Waals surface area (Å²) >= 11 is 12.4. The summed E-state index contributed by atoms with van der Waals surface area (Å²) in [5.74, 6) is -0.741. The predicted molar refractivity (Wildman–Crippen MR) is 121 cm³/mol. The molecule has 31 heavy (non-hydrogen) atoms. The van der Waals surface area contributed by atoms with Crippen LogP contribution in [-0.4, -0.2) is 16.7 Å². The number of hydrogen-bond donors (Lipinski definition) is 0. The highest BCUT2D eigenvalue weighted by Crippen LogP contribution is 2.60. The Kier molecular flexibility index (Phi) is 5.13. The van der Waals surface area contributed by atoms with Gasteiger partial charge in [0.15, 0.2) is 11.2 Å². The molecule has 2 heterocycles. The number of ketones is 1. The van der Waals surface area contributed by atoms with E-state index in [1.807, 2.05) is 62.2 Å². The van der Waals surface area contributed by atoms with Crippen LogP contribution in [0.1, 0.15) is 49.4 Å². The average molecular weight is 450 g/mol. The largest absolute Gasteiger partial charge is 0.357 e. The van der Waals surface area contributed by atoms with E-state index in [0.717, 1.165) is 11.1 Å². The molecule has 4 rings (SSSR count). The number of benzene rings is 2. The molecule has 0 unspecified atom stereocenters. The number of carbonyl (C=O) groups excluding carboxylic acids is 1. The second-order valence-corrected chi connectivity index (χ2v) is 9.91. The smallest absolute Gasteiger partial charge is 0.177 e. The van der Waals surface area contributed by atoms with E-state index in [-0.39, 0.29) is 5.78 Å². The fourth-order valence-corrected chi connectivity index (χ4v) is 5.12. The second-order valence-electron chi connectivity index (χ2n) is 9.10. The molecule has 0 aromatic heterocycles. The molecular formula is C25H21Cl2N3O. The van der Waals surface area contributed by atoms with Crippen LogP contribution in [0.3, 0.4) is 0 Å². The zero-order valence-electron chi connectivity index (χ0n) is 17.4. The van der Waals surface area contributed by atoms with Crippen molar-refractivity contribution in [1.82, 2.24) is 4.90 Å². The fraction of sp³-hybridized carbons (Fsp3) is 0.320. The molecule has 1 saturated heterocycles. The third-order valence-corrected chi connectivity index (χ3v) is 6.99. The van der Waals surface area contributed by atoms with Gasteiger partial charge in [-0.1, -0.05) is 74.3 Å². The van der Waals surface area contributed by atoms with E-state index >= 15 is 0 Å². The Bertz CT molecular complexity index is 1170. The molecule has 4 nitrogen and oxygen atoms in total. The molecule has 3 atom stereocenters. The van der Waals surface area contributed by atoms with Crippen molar-refractivity contribution >= 4 is 35.1 Å². The van der Waals surface area contributed by atoms with Gasteiger partial charge < -0.3 is 4.90 Å². The predicted octanol–water partition coefficient (Wildman–Crippen LogP) is 6.14. The molecule has 0 amide bonds. The molecule has 0 saturated carbocycles. The number of nitrogens with zero attached hydrogens (tertiary/aromatic N) is 3. The van der Waals surface area contributed by atoms with Crippen molar-refractivity contribution < 1.29 is 4.79 Å². The van der Waals surface area contributed by atoms with Gasteiger partial charge in [-0.3, -0.25) is 4.79 Å². The van der Waals surface area contributed by atoms with Crippen molar-refractivity contribution in [3.05, 3.63) is 75.4 Å². The maximum absolute atomic E-state index is 13.7. The number of hydrogen-bond acceptors (Lipinski definition) is 4. The highest BCUT2D eigenvalue weighted by Gasteiger charge is 2.64. The molecule has 0 N–H and O–H groups in total. The molecule has 1 fully saturated rings. The van der Waals surface area contributed by atoms with E-state index in [1.165, 1.54) is 0 Å². The number of rotatable bonds is 2. The van der Waals surface area contributed by atoms with Crippen LogP contribution in [0.4, 0.5) is 0 Å². The van der Waals surface area contributed by atoms with Gasteiger partial charge in [-0.2, -0.15) is 10.5 Å². The van der Waals surface area contributed by atoms with E-state index in [2.05, 4.69) is 12.1 Å². The molecular weight excluding hydrogens is 429 g/mol. The van der Waals surface area contributed by atoms with E-state index in [9.17, 15) is 15.3 Å². The number of carbonyl (C=O) groups is 1. The summed E-state index contributed by atoms with van der Waals surface area (Å²) in [6.45, 7) is 5.57. The molecule has 0 bridgehead atoms. The van der Waals surface area contributed by atoms with Gasteiger partial charge in [0.2, 0.25) is 0 Å². The molecule has 2 aromatic carbocycles. The molecule has 2 aliphatic rings. The zero-order chi connectivity index (χ0) is 22.6. The third-order valence-electron chi connectivity index (χ3n) is 6.25. The number of halogens is 2. The van der Waals surface area contributed by atoms with Crippen molar-refractivity contribution in [2.24, 2.45) is 10.8 Å². The summed E-state index contributed by atoms with van der Waals surface area (Å²) in [7, 11) is 0. The maximum Gasteiger partial charge on any atom is 0.177 e. The summed E-state index contributed by atoms with van der Waals surface area (Å²) in [6.07, 6.45) is 3.79. The van der Waals surface area contributed by atoms with E-state index < -0.39 is 28.8 Å². The number of fused-ring (bicyclic) bond motifs is 3. The molecule has 0 spiro atoms. The molecule has 0 radical (unpaired) electrons. The number of Topliss-reactive ketones (excluding diaryl/α,β-unsaturated/α-hetero) is 1. The molecule has 156 valence electrons. The minimum Gasteiger partial charge on any atom is -0.357 e. The normalized spacial score (nSPS) is 23.5. The van der Waals surface area contributed by atoms with Gasteiger partial charge in [0.05, 0.1) is 34.3 Å². The number of nitriles is 2. The molecule has 6 heteroatoms.